The standard InChI is InChI=1S/C13H10N2O2/c14-7-4-5-10-9(6-7)12-8(13(15)16)2-1-3-11(12)17-10/h1-6H,14H2,(H2,15,16). The van der Waals surface area contributed by atoms with Gasteiger partial charge in [-0.3, -0.25) is 4.79 Å². The molecule has 0 fully saturated rings. The number of amides is 1. The summed E-state index contributed by atoms with van der Waals surface area (Å²) < 4.78 is 5.63. The summed E-state index contributed by atoms with van der Waals surface area (Å²) in [5, 5.41) is 1.54. The second-order valence-corrected chi connectivity index (χ2v) is 3.90. The van der Waals surface area contributed by atoms with Gasteiger partial charge in [0, 0.05) is 16.5 Å². The normalized spacial score (nSPS) is 11.1. The second-order valence-electron chi connectivity index (χ2n) is 3.90. The van der Waals surface area contributed by atoms with Gasteiger partial charge in [0.05, 0.1) is 5.56 Å². The van der Waals surface area contributed by atoms with Crippen molar-refractivity contribution < 1.29 is 9.21 Å². The predicted molar refractivity (Wildman–Crippen MR) is 66.7 cm³/mol. The largest absolute Gasteiger partial charge is 0.456 e. The van der Waals surface area contributed by atoms with Gasteiger partial charge < -0.3 is 15.9 Å². The molecule has 0 radical (unpaired) electrons. The highest BCUT2D eigenvalue weighted by atomic mass is 16.3. The molecule has 3 aromatic rings. The van der Waals surface area contributed by atoms with Gasteiger partial charge >= 0.3 is 0 Å². The Hall–Kier alpha value is -2.49. The van der Waals surface area contributed by atoms with Gasteiger partial charge in [0.2, 0.25) is 5.91 Å². The Morgan fingerprint density at radius 3 is 2.71 bits per heavy atom. The molecule has 84 valence electrons. The van der Waals surface area contributed by atoms with Crippen LogP contribution < -0.4 is 11.5 Å². The van der Waals surface area contributed by atoms with Crippen molar-refractivity contribution >= 4 is 33.5 Å². The van der Waals surface area contributed by atoms with Crippen LogP contribution in [-0.2, 0) is 0 Å². The molecule has 0 spiro atoms. The van der Waals surface area contributed by atoms with Gasteiger partial charge in [0.25, 0.3) is 0 Å². The number of furan rings is 1. The van der Waals surface area contributed by atoms with Gasteiger partial charge in [-0.2, -0.15) is 0 Å². The Morgan fingerprint density at radius 2 is 1.94 bits per heavy atom. The van der Waals surface area contributed by atoms with Crippen LogP contribution in [0.4, 0.5) is 5.69 Å². The van der Waals surface area contributed by atoms with Crippen molar-refractivity contribution in [2.45, 2.75) is 0 Å². The average Bonchev–Trinajstić information content (AvgIpc) is 2.66. The summed E-state index contributed by atoms with van der Waals surface area (Å²) in [6.45, 7) is 0. The molecule has 0 unspecified atom stereocenters. The lowest BCUT2D eigenvalue weighted by Crippen LogP contribution is -2.10. The molecule has 0 saturated carbocycles. The van der Waals surface area contributed by atoms with E-state index < -0.39 is 5.91 Å². The van der Waals surface area contributed by atoms with Gasteiger partial charge in [0.15, 0.2) is 0 Å². The first kappa shape index (κ1) is 9.72. The number of benzene rings is 2. The van der Waals surface area contributed by atoms with Gasteiger partial charge in [-0.05, 0) is 30.3 Å². The Labute approximate surface area is 96.8 Å². The van der Waals surface area contributed by atoms with Gasteiger partial charge in [-0.1, -0.05) is 6.07 Å². The molecule has 2 aromatic carbocycles. The molecule has 17 heavy (non-hydrogen) atoms. The van der Waals surface area contributed by atoms with Crippen molar-refractivity contribution in [1.29, 1.82) is 0 Å². The fraction of sp³-hybridized carbons (Fsp3) is 0. The van der Waals surface area contributed by atoms with Crippen molar-refractivity contribution in [3.8, 4) is 0 Å². The van der Waals surface area contributed by atoms with Crippen molar-refractivity contribution in [1.82, 2.24) is 0 Å². The van der Waals surface area contributed by atoms with Crippen LogP contribution in [0.1, 0.15) is 10.4 Å². The Morgan fingerprint density at radius 1 is 1.12 bits per heavy atom. The lowest BCUT2D eigenvalue weighted by Gasteiger charge is -1.97. The Kier molecular flexibility index (Phi) is 1.86. The van der Waals surface area contributed by atoms with Crippen LogP contribution in [-0.4, -0.2) is 5.91 Å². The number of fused-ring (bicyclic) bond motifs is 3. The maximum Gasteiger partial charge on any atom is 0.249 e. The van der Waals surface area contributed by atoms with Crippen LogP contribution in [0.2, 0.25) is 0 Å². The molecule has 0 aliphatic heterocycles. The SMILES string of the molecule is NC(=O)c1cccc2oc3ccc(N)cc3c12. The molecule has 0 atom stereocenters. The highest BCUT2D eigenvalue weighted by Crippen LogP contribution is 2.32. The van der Waals surface area contributed by atoms with E-state index in [9.17, 15) is 4.79 Å². The summed E-state index contributed by atoms with van der Waals surface area (Å²) in [5.74, 6) is -0.472. The first-order chi connectivity index (χ1) is 8.16. The smallest absolute Gasteiger partial charge is 0.249 e. The zero-order valence-electron chi connectivity index (χ0n) is 8.94. The first-order valence-electron chi connectivity index (χ1n) is 5.17. The van der Waals surface area contributed by atoms with Gasteiger partial charge in [-0.15, -0.1) is 0 Å². The molecule has 1 aromatic heterocycles. The minimum atomic E-state index is -0.472. The zero-order valence-corrected chi connectivity index (χ0v) is 8.94. The highest BCUT2D eigenvalue weighted by Gasteiger charge is 2.13. The van der Waals surface area contributed by atoms with E-state index in [1.807, 2.05) is 0 Å². The number of nitrogens with two attached hydrogens (primary N) is 2. The fourth-order valence-electron chi connectivity index (χ4n) is 2.05. The molecule has 0 aliphatic rings. The second kappa shape index (κ2) is 3.25. The molecule has 1 heterocycles. The minimum absolute atomic E-state index is 0.451. The quantitative estimate of drug-likeness (QED) is 0.624. The minimum Gasteiger partial charge on any atom is -0.456 e. The van der Waals surface area contributed by atoms with Crippen LogP contribution in [0.5, 0.6) is 0 Å². The summed E-state index contributed by atoms with van der Waals surface area (Å²) in [4.78, 5) is 11.4. The summed E-state index contributed by atoms with van der Waals surface area (Å²) in [6.07, 6.45) is 0. The maximum absolute atomic E-state index is 11.4. The highest BCUT2D eigenvalue weighted by molar-refractivity contribution is 6.16. The topological polar surface area (TPSA) is 82.2 Å². The lowest BCUT2D eigenvalue weighted by molar-refractivity contribution is 0.100. The average molecular weight is 226 g/mol. The molecular weight excluding hydrogens is 216 g/mol. The van der Waals surface area contributed by atoms with E-state index in [0.717, 1.165) is 10.8 Å². The summed E-state index contributed by atoms with van der Waals surface area (Å²) in [7, 11) is 0. The van der Waals surface area contributed by atoms with Gasteiger partial charge in [0.1, 0.15) is 11.2 Å². The first-order valence-corrected chi connectivity index (χ1v) is 5.17. The Balaban J connectivity index is 2.56. The van der Waals surface area contributed by atoms with Crippen molar-refractivity contribution in [2.75, 3.05) is 5.73 Å². The number of hydrogen-bond donors (Lipinski definition) is 2. The molecule has 0 aliphatic carbocycles. The Bertz CT molecular complexity index is 744. The molecule has 4 heteroatoms. The van der Waals surface area contributed by atoms with E-state index in [-0.39, 0.29) is 0 Å². The number of anilines is 1. The number of rotatable bonds is 1. The van der Waals surface area contributed by atoms with Crippen molar-refractivity contribution in [3.05, 3.63) is 42.0 Å². The molecule has 3 rings (SSSR count). The van der Waals surface area contributed by atoms with Crippen LogP contribution >= 0.6 is 0 Å². The number of nitrogen functional groups attached to an aromatic ring is 1. The lowest BCUT2D eigenvalue weighted by atomic mass is 10.1. The van der Waals surface area contributed by atoms with Crippen LogP contribution in [0.25, 0.3) is 21.9 Å². The number of hydrogen-bond acceptors (Lipinski definition) is 3. The van der Waals surface area contributed by atoms with E-state index in [2.05, 4.69) is 0 Å². The summed E-state index contributed by atoms with van der Waals surface area (Å²) in [5.41, 5.74) is 13.5. The van der Waals surface area contributed by atoms with E-state index in [4.69, 9.17) is 15.9 Å². The number of carbonyl (C=O) groups excluding carboxylic acids is 1. The van der Waals surface area contributed by atoms with E-state index in [1.54, 1.807) is 36.4 Å². The monoisotopic (exact) mass is 226 g/mol. The molecule has 0 saturated heterocycles. The third-order valence-corrected chi connectivity index (χ3v) is 2.78. The zero-order chi connectivity index (χ0) is 12.0. The molecule has 4 N–H and O–H groups in total. The third-order valence-electron chi connectivity index (χ3n) is 2.78. The molecule has 4 nitrogen and oxygen atoms in total. The summed E-state index contributed by atoms with van der Waals surface area (Å²) in [6, 6.07) is 10.6. The summed E-state index contributed by atoms with van der Waals surface area (Å²) >= 11 is 0. The third kappa shape index (κ3) is 1.34. The molecule has 1 amide bonds. The van der Waals surface area contributed by atoms with Crippen molar-refractivity contribution in [3.63, 3.8) is 0 Å². The molecular formula is C13H10N2O2. The van der Waals surface area contributed by atoms with E-state index in [0.29, 0.717) is 22.4 Å². The van der Waals surface area contributed by atoms with E-state index >= 15 is 0 Å². The molecule has 0 bridgehead atoms. The maximum atomic E-state index is 11.4. The number of primary amides is 1. The van der Waals surface area contributed by atoms with Crippen LogP contribution in [0, 0.1) is 0 Å². The fourth-order valence-corrected chi connectivity index (χ4v) is 2.05. The van der Waals surface area contributed by atoms with Crippen molar-refractivity contribution in [2.24, 2.45) is 5.73 Å². The van der Waals surface area contributed by atoms with Crippen LogP contribution in [0.15, 0.2) is 40.8 Å². The van der Waals surface area contributed by atoms with Crippen LogP contribution in [0.3, 0.4) is 0 Å². The number of carbonyl (C=O) groups is 1. The predicted octanol–water partition coefficient (Wildman–Crippen LogP) is 2.27. The van der Waals surface area contributed by atoms with Gasteiger partial charge in [-0.25, -0.2) is 0 Å². The van der Waals surface area contributed by atoms with E-state index in [1.165, 1.54) is 0 Å².